The Hall–Kier alpha value is -2.36. The summed E-state index contributed by atoms with van der Waals surface area (Å²) < 4.78 is 41.4. The minimum atomic E-state index is -3.99. The maximum absolute atomic E-state index is 12.7. The molecular formula is C17H15ClN2O5S2. The highest BCUT2D eigenvalue weighted by Gasteiger charge is 2.16. The van der Waals surface area contributed by atoms with Crippen LogP contribution in [0.5, 0.6) is 5.75 Å². The van der Waals surface area contributed by atoms with Gasteiger partial charge < -0.3 is 14.0 Å². The molecule has 3 rings (SSSR count). The van der Waals surface area contributed by atoms with Gasteiger partial charge in [-0.05, 0) is 42.5 Å². The molecule has 0 saturated heterocycles. The summed E-state index contributed by atoms with van der Waals surface area (Å²) in [5, 5.41) is 0.420. The highest BCUT2D eigenvalue weighted by atomic mass is 35.5. The monoisotopic (exact) mass is 426 g/mol. The number of hydrogen-bond acceptors (Lipinski definition) is 6. The molecule has 2 aromatic carbocycles. The van der Waals surface area contributed by atoms with Gasteiger partial charge in [-0.25, -0.2) is 0 Å². The summed E-state index contributed by atoms with van der Waals surface area (Å²) in [6, 6.07) is 10.9. The Bertz CT molecular complexity index is 1160. The second kappa shape index (κ2) is 7.71. The van der Waals surface area contributed by atoms with Crippen LogP contribution in [0.2, 0.25) is 5.02 Å². The number of methoxy groups -OCH3 is 2. The molecule has 0 bridgehead atoms. The lowest BCUT2D eigenvalue weighted by Crippen LogP contribution is -2.22. The van der Waals surface area contributed by atoms with Crippen molar-refractivity contribution in [1.82, 2.24) is 4.57 Å². The molecule has 0 aliphatic rings. The zero-order valence-corrected chi connectivity index (χ0v) is 16.8. The summed E-state index contributed by atoms with van der Waals surface area (Å²) >= 11 is 6.95. The number of ether oxygens (including phenoxy) is 2. The van der Waals surface area contributed by atoms with Crippen LogP contribution in [0.15, 0.2) is 51.8 Å². The Kier molecular flexibility index (Phi) is 5.54. The van der Waals surface area contributed by atoms with Crippen molar-refractivity contribution in [2.75, 3.05) is 14.2 Å². The minimum Gasteiger partial charge on any atom is -0.497 e. The average Bonchev–Trinajstić information content (AvgIpc) is 2.97. The molecule has 0 saturated carbocycles. The number of benzene rings is 2. The fourth-order valence-corrected chi connectivity index (χ4v) is 4.75. The van der Waals surface area contributed by atoms with E-state index in [0.29, 0.717) is 16.3 Å². The van der Waals surface area contributed by atoms with Crippen molar-refractivity contribution in [2.45, 2.75) is 11.4 Å². The Morgan fingerprint density at radius 1 is 1.19 bits per heavy atom. The van der Waals surface area contributed by atoms with Gasteiger partial charge in [0, 0.05) is 5.02 Å². The van der Waals surface area contributed by atoms with Crippen molar-refractivity contribution >= 4 is 49.1 Å². The van der Waals surface area contributed by atoms with E-state index < -0.39 is 16.0 Å². The lowest BCUT2D eigenvalue weighted by molar-refractivity contribution is -0.141. The molecule has 0 unspecified atom stereocenters. The van der Waals surface area contributed by atoms with Crippen molar-refractivity contribution in [3.05, 3.63) is 52.3 Å². The van der Waals surface area contributed by atoms with Gasteiger partial charge in [-0.1, -0.05) is 22.9 Å². The summed E-state index contributed by atoms with van der Waals surface area (Å²) in [6.45, 7) is -0.169. The van der Waals surface area contributed by atoms with Crippen molar-refractivity contribution in [1.29, 1.82) is 0 Å². The molecule has 142 valence electrons. The van der Waals surface area contributed by atoms with Crippen LogP contribution >= 0.6 is 22.9 Å². The molecular weight excluding hydrogens is 412 g/mol. The molecule has 0 amide bonds. The number of carbonyl (C=O) groups is 1. The van der Waals surface area contributed by atoms with E-state index in [1.165, 1.54) is 43.1 Å². The van der Waals surface area contributed by atoms with Gasteiger partial charge in [-0.3, -0.25) is 4.79 Å². The molecule has 0 spiro atoms. The third-order valence-electron chi connectivity index (χ3n) is 3.71. The first kappa shape index (κ1) is 19.4. The van der Waals surface area contributed by atoms with E-state index in [0.717, 1.165) is 16.0 Å². The van der Waals surface area contributed by atoms with E-state index >= 15 is 0 Å². The predicted molar refractivity (Wildman–Crippen MR) is 103 cm³/mol. The fraction of sp³-hybridized carbons (Fsp3) is 0.176. The Morgan fingerprint density at radius 3 is 2.52 bits per heavy atom. The van der Waals surface area contributed by atoms with Crippen LogP contribution in [0, 0.1) is 0 Å². The zero-order valence-electron chi connectivity index (χ0n) is 14.4. The summed E-state index contributed by atoms with van der Waals surface area (Å²) in [7, 11) is -1.18. The number of aromatic nitrogens is 1. The van der Waals surface area contributed by atoms with Crippen LogP contribution in [0.25, 0.3) is 10.2 Å². The fourth-order valence-electron chi connectivity index (χ4n) is 2.36. The molecule has 0 aliphatic carbocycles. The van der Waals surface area contributed by atoms with Crippen molar-refractivity contribution in [3.8, 4) is 5.75 Å². The van der Waals surface area contributed by atoms with E-state index in [1.54, 1.807) is 18.2 Å². The quantitative estimate of drug-likeness (QED) is 0.585. The van der Waals surface area contributed by atoms with E-state index in [2.05, 4.69) is 4.40 Å². The maximum Gasteiger partial charge on any atom is 0.325 e. The van der Waals surface area contributed by atoms with E-state index in [9.17, 15) is 13.2 Å². The number of carbonyl (C=O) groups excluding carboxylic acids is 1. The number of thiazole rings is 1. The first-order chi connectivity index (χ1) is 12.8. The molecule has 27 heavy (non-hydrogen) atoms. The number of esters is 1. The van der Waals surface area contributed by atoms with E-state index in [1.807, 2.05) is 0 Å². The van der Waals surface area contributed by atoms with E-state index in [-0.39, 0.29) is 16.2 Å². The first-order valence-electron chi connectivity index (χ1n) is 7.65. The summed E-state index contributed by atoms with van der Waals surface area (Å²) in [4.78, 5) is 12.0. The molecule has 1 aromatic heterocycles. The SMILES string of the molecule is COC(=O)Cn1c(=NS(=O)(=O)c2ccc(Cl)cc2)sc2cc(OC)ccc21. The van der Waals surface area contributed by atoms with Crippen LogP contribution in [-0.2, 0) is 26.1 Å². The molecule has 7 nitrogen and oxygen atoms in total. The van der Waals surface area contributed by atoms with Gasteiger partial charge in [-0.15, -0.1) is 4.40 Å². The van der Waals surface area contributed by atoms with Crippen LogP contribution in [0.4, 0.5) is 0 Å². The van der Waals surface area contributed by atoms with Gasteiger partial charge in [-0.2, -0.15) is 8.42 Å². The smallest absolute Gasteiger partial charge is 0.325 e. The van der Waals surface area contributed by atoms with Crippen LogP contribution in [0.1, 0.15) is 0 Å². The van der Waals surface area contributed by atoms with Gasteiger partial charge in [0.2, 0.25) is 4.80 Å². The third kappa shape index (κ3) is 4.15. The van der Waals surface area contributed by atoms with Gasteiger partial charge in [0.05, 0.1) is 29.3 Å². The van der Waals surface area contributed by atoms with Gasteiger partial charge in [0.1, 0.15) is 12.3 Å². The average molecular weight is 427 g/mol. The van der Waals surface area contributed by atoms with Gasteiger partial charge in [0.15, 0.2) is 0 Å². The molecule has 3 aromatic rings. The lowest BCUT2D eigenvalue weighted by atomic mass is 10.3. The molecule has 0 fully saturated rings. The van der Waals surface area contributed by atoms with E-state index in [4.69, 9.17) is 21.1 Å². The topological polar surface area (TPSA) is 87.0 Å². The molecule has 10 heteroatoms. The highest BCUT2D eigenvalue weighted by Crippen LogP contribution is 2.24. The molecule has 0 N–H and O–H groups in total. The molecule has 1 heterocycles. The number of rotatable bonds is 5. The third-order valence-corrected chi connectivity index (χ3v) is 6.40. The normalized spacial score (nSPS) is 12.3. The van der Waals surface area contributed by atoms with Crippen molar-refractivity contribution < 1.29 is 22.7 Å². The number of nitrogens with zero attached hydrogens (tertiary/aromatic N) is 2. The van der Waals surface area contributed by atoms with Crippen molar-refractivity contribution in [2.24, 2.45) is 4.40 Å². The largest absolute Gasteiger partial charge is 0.497 e. The van der Waals surface area contributed by atoms with Crippen LogP contribution < -0.4 is 9.54 Å². The Morgan fingerprint density at radius 2 is 1.89 bits per heavy atom. The number of sulfonamides is 1. The second-order valence-corrected chi connectivity index (χ2v) is 8.45. The van der Waals surface area contributed by atoms with Gasteiger partial charge in [0.25, 0.3) is 10.0 Å². The lowest BCUT2D eigenvalue weighted by Gasteiger charge is -2.05. The number of halogens is 1. The highest BCUT2D eigenvalue weighted by molar-refractivity contribution is 7.90. The van der Waals surface area contributed by atoms with Crippen LogP contribution in [-0.4, -0.2) is 33.2 Å². The molecule has 0 aliphatic heterocycles. The number of hydrogen-bond donors (Lipinski definition) is 0. The summed E-state index contributed by atoms with van der Waals surface area (Å²) in [6.07, 6.45) is 0. The number of fused-ring (bicyclic) bond motifs is 1. The first-order valence-corrected chi connectivity index (χ1v) is 10.3. The summed E-state index contributed by atoms with van der Waals surface area (Å²) in [5.74, 6) is 0.0944. The molecule has 0 atom stereocenters. The second-order valence-electron chi connectivity index (χ2n) is 5.40. The molecule has 0 radical (unpaired) electrons. The predicted octanol–water partition coefficient (Wildman–Crippen LogP) is 2.83. The zero-order chi connectivity index (χ0) is 19.6. The maximum atomic E-state index is 12.7. The Balaban J connectivity index is 2.21. The van der Waals surface area contributed by atoms with Crippen molar-refractivity contribution in [3.63, 3.8) is 0 Å². The minimum absolute atomic E-state index is 0.00607. The summed E-state index contributed by atoms with van der Waals surface area (Å²) in [5.41, 5.74) is 0.649. The Labute approximate surface area is 164 Å². The standard InChI is InChI=1S/C17H15ClN2O5S2/c1-24-12-5-8-14-15(9-12)26-17(20(14)10-16(21)25-2)19-27(22,23)13-6-3-11(18)4-7-13/h3-9H,10H2,1-2H3. The van der Waals surface area contributed by atoms with Crippen LogP contribution in [0.3, 0.4) is 0 Å². The van der Waals surface area contributed by atoms with Gasteiger partial charge >= 0.3 is 5.97 Å².